The van der Waals surface area contributed by atoms with Crippen molar-refractivity contribution >= 4 is 17.9 Å². The molecule has 2 heterocycles. The Morgan fingerprint density at radius 3 is 2.63 bits per heavy atom. The Morgan fingerprint density at radius 2 is 2.00 bits per heavy atom. The molecule has 2 aliphatic heterocycles. The number of methoxy groups -OCH3 is 2. The third-order valence-electron chi connectivity index (χ3n) is 5.53. The van der Waals surface area contributed by atoms with E-state index in [9.17, 15) is 14.4 Å². The zero-order chi connectivity index (χ0) is 19.6. The Labute approximate surface area is 158 Å². The van der Waals surface area contributed by atoms with Gasteiger partial charge in [0.15, 0.2) is 6.67 Å². The van der Waals surface area contributed by atoms with E-state index in [-0.39, 0.29) is 24.5 Å². The van der Waals surface area contributed by atoms with Crippen LogP contribution in [0.15, 0.2) is 24.3 Å². The van der Waals surface area contributed by atoms with Gasteiger partial charge < -0.3 is 19.7 Å². The highest BCUT2D eigenvalue weighted by Crippen LogP contribution is 2.30. The van der Waals surface area contributed by atoms with Crippen molar-refractivity contribution in [1.82, 2.24) is 10.2 Å². The smallest absolute Gasteiger partial charge is 0.329 e. The molecule has 146 valence electrons. The molecule has 0 unspecified atom stereocenters. The van der Waals surface area contributed by atoms with Crippen molar-refractivity contribution in [2.24, 2.45) is 5.92 Å². The lowest BCUT2D eigenvalue weighted by atomic mass is 9.92. The first kappa shape index (κ1) is 19.2. The minimum absolute atomic E-state index is 0.0936. The maximum Gasteiger partial charge on any atom is 0.329 e. The molecular weight excluding hydrogens is 350 g/mol. The first-order valence-corrected chi connectivity index (χ1v) is 9.09. The molecule has 1 aromatic carbocycles. The molecule has 0 aliphatic carbocycles. The number of nitrogens with one attached hydrogen (secondary N) is 2. The number of piperidine rings is 1. The SMILES string of the molecule is COC(=O)C1CC[NH+](CN2C(=O)N[C@@](C)(c3cccc(OC)c3)C2=O)CC1. The second-order valence-corrected chi connectivity index (χ2v) is 7.23. The molecule has 27 heavy (non-hydrogen) atoms. The summed E-state index contributed by atoms with van der Waals surface area (Å²) in [6.07, 6.45) is 1.39. The molecule has 1 atom stereocenters. The van der Waals surface area contributed by atoms with Crippen molar-refractivity contribution in [3.05, 3.63) is 29.8 Å². The molecule has 8 nitrogen and oxygen atoms in total. The first-order valence-electron chi connectivity index (χ1n) is 9.09. The number of hydrogen-bond acceptors (Lipinski definition) is 5. The summed E-state index contributed by atoms with van der Waals surface area (Å²) in [6.45, 7) is 3.43. The number of nitrogens with zero attached hydrogens (tertiary/aromatic N) is 1. The van der Waals surface area contributed by atoms with Crippen LogP contribution in [0.1, 0.15) is 25.3 Å². The van der Waals surface area contributed by atoms with Gasteiger partial charge in [0.2, 0.25) is 0 Å². The Kier molecular flexibility index (Phi) is 5.36. The minimum atomic E-state index is -1.12. The average Bonchev–Trinajstić information content (AvgIpc) is 2.92. The zero-order valence-corrected chi connectivity index (χ0v) is 15.9. The van der Waals surface area contributed by atoms with Gasteiger partial charge in [-0.3, -0.25) is 9.59 Å². The van der Waals surface area contributed by atoms with Gasteiger partial charge in [-0.05, 0) is 24.6 Å². The van der Waals surface area contributed by atoms with Crippen molar-refractivity contribution in [3.63, 3.8) is 0 Å². The summed E-state index contributed by atoms with van der Waals surface area (Å²) in [6, 6.07) is 6.76. The number of likely N-dealkylation sites (tertiary alicyclic amines) is 1. The van der Waals surface area contributed by atoms with Crippen molar-refractivity contribution in [1.29, 1.82) is 0 Å². The van der Waals surface area contributed by atoms with Gasteiger partial charge in [-0.25, -0.2) is 9.69 Å². The predicted molar refractivity (Wildman–Crippen MR) is 96.0 cm³/mol. The van der Waals surface area contributed by atoms with E-state index in [1.165, 1.54) is 12.0 Å². The standard InChI is InChI=1S/C19H25N3O5/c1-19(14-5-4-6-15(11-14)26-2)17(24)22(18(25)20-19)12-21-9-7-13(8-10-21)16(23)27-3/h4-6,11,13H,7-10,12H2,1-3H3,(H,20,25)/p+1/t19-/m0/s1. The van der Waals surface area contributed by atoms with E-state index in [0.717, 1.165) is 4.90 Å². The number of ether oxygens (including phenoxy) is 2. The highest BCUT2D eigenvalue weighted by atomic mass is 16.5. The second-order valence-electron chi connectivity index (χ2n) is 7.23. The van der Waals surface area contributed by atoms with Crippen molar-refractivity contribution < 1.29 is 28.8 Å². The summed E-state index contributed by atoms with van der Waals surface area (Å²) in [5.41, 5.74) is -0.433. The molecule has 2 saturated heterocycles. The van der Waals surface area contributed by atoms with E-state index < -0.39 is 11.6 Å². The Morgan fingerprint density at radius 1 is 1.30 bits per heavy atom. The molecular formula is C19H26N3O5+. The molecule has 1 aromatic rings. The van der Waals surface area contributed by atoms with Crippen LogP contribution in [0.2, 0.25) is 0 Å². The molecule has 0 bridgehead atoms. The number of carbonyl (C=O) groups is 3. The quantitative estimate of drug-likeness (QED) is 0.553. The van der Waals surface area contributed by atoms with Crippen LogP contribution in [0.25, 0.3) is 0 Å². The summed E-state index contributed by atoms with van der Waals surface area (Å²) in [4.78, 5) is 39.6. The van der Waals surface area contributed by atoms with Crippen LogP contribution in [0, 0.1) is 5.92 Å². The van der Waals surface area contributed by atoms with Gasteiger partial charge >= 0.3 is 12.0 Å². The fourth-order valence-corrected chi connectivity index (χ4v) is 3.78. The highest BCUT2D eigenvalue weighted by molar-refractivity contribution is 6.07. The molecule has 2 fully saturated rings. The Hall–Kier alpha value is -2.61. The molecule has 3 amide bonds. The van der Waals surface area contributed by atoms with Crippen LogP contribution in [0.5, 0.6) is 5.75 Å². The summed E-state index contributed by atoms with van der Waals surface area (Å²) < 4.78 is 10.0. The number of hydrogen-bond donors (Lipinski definition) is 2. The molecule has 0 saturated carbocycles. The monoisotopic (exact) mass is 376 g/mol. The lowest BCUT2D eigenvalue weighted by Crippen LogP contribution is -3.14. The summed E-state index contributed by atoms with van der Waals surface area (Å²) in [5.74, 6) is 0.0756. The Bertz CT molecular complexity index is 745. The number of quaternary nitrogens is 1. The van der Waals surface area contributed by atoms with E-state index in [1.54, 1.807) is 38.3 Å². The Balaban J connectivity index is 1.69. The predicted octanol–water partition coefficient (Wildman–Crippen LogP) is -0.112. The third-order valence-corrected chi connectivity index (χ3v) is 5.53. The number of amides is 3. The molecule has 2 N–H and O–H groups in total. The van der Waals surface area contributed by atoms with Crippen molar-refractivity contribution in [3.8, 4) is 5.75 Å². The van der Waals surface area contributed by atoms with Crippen molar-refractivity contribution in [2.45, 2.75) is 25.3 Å². The molecule has 0 spiro atoms. The van der Waals surface area contributed by atoms with Crippen molar-refractivity contribution in [2.75, 3.05) is 34.0 Å². The van der Waals surface area contributed by atoms with E-state index in [4.69, 9.17) is 9.47 Å². The van der Waals surface area contributed by atoms with E-state index >= 15 is 0 Å². The maximum atomic E-state index is 13.0. The lowest BCUT2D eigenvalue weighted by molar-refractivity contribution is -0.913. The highest BCUT2D eigenvalue weighted by Gasteiger charge is 2.50. The van der Waals surface area contributed by atoms with Crippen LogP contribution in [0.4, 0.5) is 4.79 Å². The van der Waals surface area contributed by atoms with Crippen LogP contribution in [-0.2, 0) is 19.9 Å². The average molecular weight is 376 g/mol. The molecule has 0 aromatic heterocycles. The normalized spacial score (nSPS) is 28.0. The number of benzene rings is 1. The maximum absolute atomic E-state index is 13.0. The fourth-order valence-electron chi connectivity index (χ4n) is 3.78. The van der Waals surface area contributed by atoms with E-state index in [0.29, 0.717) is 37.2 Å². The van der Waals surface area contributed by atoms with Gasteiger partial charge in [0.05, 0.1) is 33.2 Å². The van der Waals surface area contributed by atoms with Gasteiger partial charge in [0.25, 0.3) is 5.91 Å². The minimum Gasteiger partial charge on any atom is -0.497 e. The molecule has 3 rings (SSSR count). The second kappa shape index (κ2) is 7.56. The van der Waals surface area contributed by atoms with Gasteiger partial charge in [-0.2, -0.15) is 0 Å². The topological polar surface area (TPSA) is 89.4 Å². The number of carbonyl (C=O) groups excluding carboxylic acids is 3. The third kappa shape index (κ3) is 3.62. The van der Waals surface area contributed by atoms with Gasteiger partial charge in [-0.1, -0.05) is 12.1 Å². The van der Waals surface area contributed by atoms with Gasteiger partial charge in [-0.15, -0.1) is 0 Å². The number of rotatable bonds is 5. The number of urea groups is 1. The van der Waals surface area contributed by atoms with Crippen LogP contribution in [0.3, 0.4) is 0 Å². The largest absolute Gasteiger partial charge is 0.497 e. The van der Waals surface area contributed by atoms with Crippen LogP contribution in [-0.4, -0.2) is 56.8 Å². The summed E-state index contributed by atoms with van der Waals surface area (Å²) in [7, 11) is 2.96. The van der Waals surface area contributed by atoms with Crippen LogP contribution < -0.4 is 15.0 Å². The van der Waals surface area contributed by atoms with Gasteiger partial charge in [0, 0.05) is 12.8 Å². The van der Waals surface area contributed by atoms with E-state index in [2.05, 4.69) is 5.32 Å². The lowest BCUT2D eigenvalue weighted by Gasteiger charge is -2.30. The molecule has 0 radical (unpaired) electrons. The summed E-state index contributed by atoms with van der Waals surface area (Å²) in [5, 5.41) is 2.82. The molecule has 8 heteroatoms. The summed E-state index contributed by atoms with van der Waals surface area (Å²) >= 11 is 0. The number of esters is 1. The van der Waals surface area contributed by atoms with Gasteiger partial charge in [0.1, 0.15) is 11.3 Å². The van der Waals surface area contributed by atoms with E-state index in [1.807, 2.05) is 0 Å². The molecule has 2 aliphatic rings. The van der Waals surface area contributed by atoms with Crippen LogP contribution >= 0.6 is 0 Å². The zero-order valence-electron chi connectivity index (χ0n) is 15.9. The fraction of sp³-hybridized carbons (Fsp3) is 0.526. The number of imide groups is 1. The first-order chi connectivity index (χ1) is 12.9.